The van der Waals surface area contributed by atoms with Gasteiger partial charge in [0.05, 0.1) is 0 Å². The van der Waals surface area contributed by atoms with Crippen molar-refractivity contribution in [3.8, 4) is 11.5 Å². The molecular weight excluding hydrogens is 192 g/mol. The number of ketones is 1. The van der Waals surface area contributed by atoms with Gasteiger partial charge in [0, 0.05) is 0 Å². The highest BCUT2D eigenvalue weighted by Crippen LogP contribution is 2.30. The van der Waals surface area contributed by atoms with Crippen LogP contribution in [0.3, 0.4) is 0 Å². The lowest BCUT2D eigenvalue weighted by molar-refractivity contribution is -0.122. The second-order valence-corrected chi connectivity index (χ2v) is 3.32. The normalized spacial score (nSPS) is 15.4. The van der Waals surface area contributed by atoms with Crippen LogP contribution in [0.25, 0.3) is 6.08 Å². The summed E-state index contributed by atoms with van der Waals surface area (Å²) in [5.41, 5.74) is 1.04. The first-order chi connectivity index (χ1) is 7.29. The highest BCUT2D eigenvalue weighted by molar-refractivity contribution is 5.82. The van der Waals surface area contributed by atoms with E-state index in [9.17, 15) is 4.79 Å². The van der Waals surface area contributed by atoms with Crippen LogP contribution >= 0.6 is 0 Å². The van der Waals surface area contributed by atoms with Crippen molar-refractivity contribution in [1.29, 1.82) is 0 Å². The molecule has 0 saturated heterocycles. The first-order valence-corrected chi connectivity index (χ1v) is 4.83. The molecule has 0 fully saturated rings. The molecule has 1 heterocycles. The molecule has 0 spiro atoms. The molecule has 1 aromatic rings. The summed E-state index contributed by atoms with van der Waals surface area (Å²) in [6.45, 7) is 2.13. The third-order valence-corrected chi connectivity index (χ3v) is 2.10. The average Bonchev–Trinajstić information content (AvgIpc) is 2.42. The first kappa shape index (κ1) is 9.77. The van der Waals surface area contributed by atoms with Gasteiger partial charge in [-0.05, 0) is 24.6 Å². The van der Waals surface area contributed by atoms with Crippen molar-refractivity contribution < 1.29 is 14.3 Å². The second-order valence-electron chi connectivity index (χ2n) is 3.32. The Morgan fingerprint density at radius 1 is 1.20 bits per heavy atom. The van der Waals surface area contributed by atoms with Gasteiger partial charge in [0.1, 0.15) is 0 Å². The summed E-state index contributed by atoms with van der Waals surface area (Å²) >= 11 is 0. The molecule has 78 valence electrons. The van der Waals surface area contributed by atoms with Crippen LogP contribution in [0.2, 0.25) is 0 Å². The molecule has 0 aromatic heterocycles. The summed E-state index contributed by atoms with van der Waals surface area (Å²) in [5, 5.41) is 0. The van der Waals surface area contributed by atoms with Gasteiger partial charge in [-0.1, -0.05) is 18.2 Å². The Kier molecular flexibility index (Phi) is 2.72. The van der Waals surface area contributed by atoms with Crippen LogP contribution in [-0.2, 0) is 4.79 Å². The third kappa shape index (κ3) is 2.18. The number of Topliss-reactive ketones (excluding diaryl/α,β-unsaturated/α-hetero) is 1. The molecule has 1 aliphatic rings. The van der Waals surface area contributed by atoms with E-state index in [1.165, 1.54) is 0 Å². The number of carbonyl (C=O) groups excluding carboxylic acids is 1. The lowest BCUT2D eigenvalue weighted by Crippen LogP contribution is -2.15. The Morgan fingerprint density at radius 2 is 1.93 bits per heavy atom. The molecule has 2 rings (SSSR count). The molecule has 3 nitrogen and oxygen atoms in total. The minimum atomic E-state index is -0.0428. The zero-order chi connectivity index (χ0) is 10.7. The van der Waals surface area contributed by atoms with E-state index >= 15 is 0 Å². The van der Waals surface area contributed by atoms with Gasteiger partial charge in [-0.2, -0.15) is 0 Å². The average molecular weight is 204 g/mol. The molecule has 3 heteroatoms. The van der Waals surface area contributed by atoms with Gasteiger partial charge >= 0.3 is 0 Å². The Labute approximate surface area is 88.3 Å². The van der Waals surface area contributed by atoms with E-state index in [4.69, 9.17) is 9.47 Å². The number of ether oxygens (including phenoxy) is 2. The number of hydrogen-bond acceptors (Lipinski definition) is 3. The molecule has 0 bridgehead atoms. The largest absolute Gasteiger partial charge is 0.482 e. The van der Waals surface area contributed by atoms with Crippen LogP contribution in [0.1, 0.15) is 12.5 Å². The predicted molar refractivity (Wildman–Crippen MR) is 57.1 cm³/mol. The monoisotopic (exact) mass is 204 g/mol. The third-order valence-electron chi connectivity index (χ3n) is 2.10. The summed E-state index contributed by atoms with van der Waals surface area (Å²) in [4.78, 5) is 11.1. The van der Waals surface area contributed by atoms with Gasteiger partial charge in [0.15, 0.2) is 24.7 Å². The Bertz CT molecular complexity index is 407. The molecule has 0 N–H and O–H groups in total. The molecule has 0 radical (unpaired) electrons. The minimum absolute atomic E-state index is 0.0428. The van der Waals surface area contributed by atoms with Gasteiger partial charge < -0.3 is 9.47 Å². The maximum atomic E-state index is 11.1. The number of fused-ring (bicyclic) bond motifs is 1. The molecule has 1 aromatic carbocycles. The Morgan fingerprint density at radius 3 is 2.67 bits per heavy atom. The van der Waals surface area contributed by atoms with Crippen LogP contribution in [0.4, 0.5) is 0 Å². The molecule has 0 atom stereocenters. The van der Waals surface area contributed by atoms with Gasteiger partial charge in [-0.25, -0.2) is 0 Å². The fraction of sp³-hybridized carbons (Fsp3) is 0.250. The quantitative estimate of drug-likeness (QED) is 0.702. The van der Waals surface area contributed by atoms with E-state index in [0.717, 1.165) is 5.56 Å². The minimum Gasteiger partial charge on any atom is -0.482 e. The van der Waals surface area contributed by atoms with Crippen molar-refractivity contribution in [1.82, 2.24) is 0 Å². The van der Waals surface area contributed by atoms with Gasteiger partial charge in [-0.15, -0.1) is 0 Å². The number of carbonyl (C=O) groups is 1. The molecule has 1 aliphatic heterocycles. The van der Waals surface area contributed by atoms with Crippen molar-refractivity contribution in [2.75, 3.05) is 13.2 Å². The Balaban J connectivity index is 2.32. The maximum absolute atomic E-state index is 11.1. The van der Waals surface area contributed by atoms with Crippen molar-refractivity contribution in [2.24, 2.45) is 0 Å². The predicted octanol–water partition coefficient (Wildman–Crippen LogP) is 2.06. The highest BCUT2D eigenvalue weighted by atomic mass is 16.5. The maximum Gasteiger partial charge on any atom is 0.207 e. The number of benzene rings is 1. The van der Waals surface area contributed by atoms with Gasteiger partial charge in [0.25, 0.3) is 0 Å². The van der Waals surface area contributed by atoms with Crippen molar-refractivity contribution >= 4 is 11.9 Å². The highest BCUT2D eigenvalue weighted by Gasteiger charge is 2.14. The number of allylic oxidation sites excluding steroid dienone is 1. The molecule has 15 heavy (non-hydrogen) atoms. The molecule has 0 amide bonds. The number of hydrogen-bond donors (Lipinski definition) is 0. The van der Waals surface area contributed by atoms with Crippen LogP contribution in [-0.4, -0.2) is 19.0 Å². The van der Waals surface area contributed by atoms with Crippen molar-refractivity contribution in [2.45, 2.75) is 6.92 Å². The summed E-state index contributed by atoms with van der Waals surface area (Å²) in [5.74, 6) is 1.23. The fourth-order valence-electron chi connectivity index (χ4n) is 1.41. The summed E-state index contributed by atoms with van der Waals surface area (Å²) in [7, 11) is 0. The topological polar surface area (TPSA) is 35.5 Å². The van der Waals surface area contributed by atoms with E-state index in [1.807, 2.05) is 37.3 Å². The SMILES string of the molecule is C/C=C/c1ccc2c(c1)OCC(=O)CO2. The molecule has 0 aliphatic carbocycles. The molecule has 0 saturated carbocycles. The van der Waals surface area contributed by atoms with Crippen molar-refractivity contribution in [3.63, 3.8) is 0 Å². The number of rotatable bonds is 1. The summed E-state index contributed by atoms with van der Waals surface area (Å²) < 4.78 is 10.6. The lowest BCUT2D eigenvalue weighted by atomic mass is 10.2. The van der Waals surface area contributed by atoms with Crippen LogP contribution in [0, 0.1) is 0 Å². The van der Waals surface area contributed by atoms with Gasteiger partial charge in [0.2, 0.25) is 5.78 Å². The molecular formula is C12H12O3. The fourth-order valence-corrected chi connectivity index (χ4v) is 1.41. The van der Waals surface area contributed by atoms with Crippen molar-refractivity contribution in [3.05, 3.63) is 29.8 Å². The van der Waals surface area contributed by atoms with Crippen LogP contribution in [0.15, 0.2) is 24.3 Å². The zero-order valence-corrected chi connectivity index (χ0v) is 8.53. The van der Waals surface area contributed by atoms with E-state index in [1.54, 1.807) is 0 Å². The van der Waals surface area contributed by atoms with Gasteiger partial charge in [-0.3, -0.25) is 4.79 Å². The summed E-state index contributed by atoms with van der Waals surface area (Å²) in [6.07, 6.45) is 3.92. The lowest BCUT2D eigenvalue weighted by Gasteiger charge is -2.06. The van der Waals surface area contributed by atoms with E-state index in [-0.39, 0.29) is 19.0 Å². The summed E-state index contributed by atoms with van der Waals surface area (Å²) in [6, 6.07) is 5.62. The van der Waals surface area contributed by atoms with E-state index < -0.39 is 0 Å². The van der Waals surface area contributed by atoms with E-state index in [2.05, 4.69) is 0 Å². The van der Waals surface area contributed by atoms with Crippen LogP contribution < -0.4 is 9.47 Å². The zero-order valence-electron chi connectivity index (χ0n) is 8.53. The Hall–Kier alpha value is -1.77. The smallest absolute Gasteiger partial charge is 0.207 e. The molecule has 0 unspecified atom stereocenters. The first-order valence-electron chi connectivity index (χ1n) is 4.83. The van der Waals surface area contributed by atoms with E-state index in [0.29, 0.717) is 11.5 Å². The van der Waals surface area contributed by atoms with Crippen LogP contribution in [0.5, 0.6) is 11.5 Å². The standard InChI is InChI=1S/C12H12O3/c1-2-3-9-4-5-11-12(6-9)15-8-10(13)7-14-11/h2-6H,7-8H2,1H3/b3-2+. The second kappa shape index (κ2) is 4.17.